The average molecular weight is 1470 g/mol. The second kappa shape index (κ2) is 34.9. The minimum absolute atomic E-state index is 0.00452. The van der Waals surface area contributed by atoms with E-state index in [4.69, 9.17) is 58.5 Å². The lowest BCUT2D eigenvalue weighted by Crippen LogP contribution is -2.61. The van der Waals surface area contributed by atoms with Crippen molar-refractivity contribution in [3.63, 3.8) is 0 Å². The zero-order valence-corrected chi connectivity index (χ0v) is 57.7. The van der Waals surface area contributed by atoms with Gasteiger partial charge in [0, 0.05) is 38.2 Å². The number of fused-ring (bicyclic) bond motifs is 3. The van der Waals surface area contributed by atoms with Gasteiger partial charge in [0.1, 0.15) is 61.3 Å². The van der Waals surface area contributed by atoms with E-state index in [0.29, 0.717) is 25.7 Å². The van der Waals surface area contributed by atoms with Crippen molar-refractivity contribution in [1.29, 1.82) is 0 Å². The summed E-state index contributed by atoms with van der Waals surface area (Å²) >= 11 is 0. The molecule has 5 heterocycles. The molecule has 9 rings (SSSR count). The van der Waals surface area contributed by atoms with E-state index >= 15 is 0 Å². The summed E-state index contributed by atoms with van der Waals surface area (Å²) in [6.07, 6.45) is -15.4. The van der Waals surface area contributed by atoms with Gasteiger partial charge in [0.15, 0.2) is 47.7 Å². The molecule has 0 aromatic heterocycles. The fraction of sp³-hybridized carbons (Fsp3) is 0.457. The number of β-amino-alcohol motifs (C(OH)–C–C–N with tert-alkyl or cyclic N) is 1. The number of carboxylic acids is 2. The number of allylic oxidation sites excluding steroid dienone is 1. The monoisotopic (exact) mass is 1470 g/mol. The SMILES string of the molecule is C#CCNC(=O)c1cc(COC(=O)N2c3cc(OCCCCCOc4cc5c(cc4OC)C(=O)N4C=C(C)C[C@H]4C(O)N5C(=O)OCc4ccc(O[C@@H]5O[C@H](C(=O)O)[C@@H](O)[C@H](O)[C@H]5O)c(C(=O)NCCOC)c4)c(OC)cc3C(=O)N(/C=C(/C)CC)CC2O)ccc1O[C@@H]1O[C@H](C(=O)O)[C@@H](O)[C@H](O)[C@H]1O. The van der Waals surface area contributed by atoms with Crippen LogP contribution in [0.15, 0.2) is 84.2 Å². The molecule has 5 aliphatic rings. The summed E-state index contributed by atoms with van der Waals surface area (Å²) in [5.41, 5.74) is 0.830. The molecular weight excluding hydrogens is 1390 g/mol. The highest BCUT2D eigenvalue weighted by Gasteiger charge is 2.51. The van der Waals surface area contributed by atoms with Crippen LogP contribution < -0.4 is 48.9 Å². The summed E-state index contributed by atoms with van der Waals surface area (Å²) in [5, 5.41) is 111. The van der Waals surface area contributed by atoms with E-state index in [0.717, 1.165) is 20.9 Å². The topological polar surface area (TPSA) is 477 Å². The standard InChI is InChI=1S/C70H82N6O29/c1-8-17-71-60(84)40-23-36(13-15-45(40)102-67-56(82)52(78)54(80)58(104-67)65(89)90)32-100-69(93)75-42-27-49(47(96-6)25-38(42)62(86)73(31-51(75)77)29-34(3)9-2)98-19-11-10-12-20-99-50-28-43-39(26-48(50)97-7)63(87)74-30-35(4)22-44(74)64(88)76(43)70(94)101-33-37-14-16-46(41(24-37)61(85)72-18-21-95-5)103-68-57(83)53(79)55(81)59(105-68)66(91)92/h1,13-16,23-30,44,51-59,64,67-68,77-83,88H,9-12,17-22,31-33H2,2-7H3,(H,71,84)(H,72,85)(H,89,90)(H,91,92)/b34-29-/t44-,51?,52-,53-,54-,55-,56+,57+,58-,59-,64?,67+,68+/m0/s1. The molecule has 35 heteroatoms. The van der Waals surface area contributed by atoms with Gasteiger partial charge in [0.2, 0.25) is 12.6 Å². The van der Waals surface area contributed by atoms with Crippen LogP contribution in [0.4, 0.5) is 21.0 Å². The van der Waals surface area contributed by atoms with Crippen molar-refractivity contribution < 1.29 is 142 Å². The van der Waals surface area contributed by atoms with Gasteiger partial charge >= 0.3 is 24.1 Å². The van der Waals surface area contributed by atoms with Crippen LogP contribution in [0.5, 0.6) is 34.5 Å². The van der Waals surface area contributed by atoms with Crippen LogP contribution in [-0.2, 0) is 46.5 Å². The number of unbranched alkanes of at least 4 members (excludes halogenated alkanes) is 2. The van der Waals surface area contributed by atoms with Gasteiger partial charge < -0.3 is 124 Å². The molecule has 13 atom stereocenters. The molecule has 4 aromatic rings. The molecule has 0 spiro atoms. The molecule has 35 nitrogen and oxygen atoms in total. The van der Waals surface area contributed by atoms with Gasteiger partial charge in [-0.25, -0.2) is 29.0 Å². The molecule has 105 heavy (non-hydrogen) atoms. The number of ether oxygens (including phenoxy) is 11. The molecule has 566 valence electrons. The van der Waals surface area contributed by atoms with Crippen LogP contribution in [0.25, 0.3) is 0 Å². The Hall–Kier alpha value is -10.4. The number of anilines is 2. The fourth-order valence-electron chi connectivity index (χ4n) is 11.9. The first-order chi connectivity index (χ1) is 50.1. The summed E-state index contributed by atoms with van der Waals surface area (Å²) in [4.78, 5) is 113. The molecular formula is C70H82N6O29. The maximum Gasteiger partial charge on any atom is 0.416 e. The summed E-state index contributed by atoms with van der Waals surface area (Å²) in [7, 11) is 4.08. The lowest BCUT2D eigenvalue weighted by atomic mass is 9.99. The molecule has 0 radical (unpaired) electrons. The van der Waals surface area contributed by atoms with Crippen molar-refractivity contribution in [2.45, 2.75) is 146 Å². The molecule has 6 amide bonds. The van der Waals surface area contributed by atoms with Gasteiger partial charge in [-0.2, -0.15) is 0 Å². The number of amides is 6. The van der Waals surface area contributed by atoms with Crippen molar-refractivity contribution in [1.82, 2.24) is 20.4 Å². The van der Waals surface area contributed by atoms with E-state index in [1.807, 2.05) is 6.92 Å². The van der Waals surface area contributed by atoms with E-state index in [1.165, 1.54) is 98.0 Å². The molecule has 2 unspecified atom stereocenters. The molecule has 4 aromatic carbocycles. The van der Waals surface area contributed by atoms with Gasteiger partial charge in [0.05, 0.1) is 86.8 Å². The Morgan fingerprint density at radius 1 is 0.619 bits per heavy atom. The summed E-state index contributed by atoms with van der Waals surface area (Å²) in [5.74, 6) is -4.26. The van der Waals surface area contributed by atoms with Crippen LogP contribution in [0.3, 0.4) is 0 Å². The maximum atomic E-state index is 14.5. The van der Waals surface area contributed by atoms with Gasteiger partial charge in [-0.05, 0) is 93.5 Å². The highest BCUT2D eigenvalue weighted by atomic mass is 16.7. The first-order valence-corrected chi connectivity index (χ1v) is 33.0. The molecule has 12 N–H and O–H groups in total. The van der Waals surface area contributed by atoms with Crippen LogP contribution in [-0.4, -0.2) is 249 Å². The van der Waals surface area contributed by atoms with E-state index in [1.54, 1.807) is 20.0 Å². The predicted molar refractivity (Wildman–Crippen MR) is 360 cm³/mol. The van der Waals surface area contributed by atoms with Crippen LogP contribution in [0.1, 0.15) is 105 Å². The quantitative estimate of drug-likeness (QED) is 0.0283. The number of carbonyl (C=O) groups excluding carboxylic acids is 6. The van der Waals surface area contributed by atoms with Crippen molar-refractivity contribution in [3.05, 3.63) is 118 Å². The summed E-state index contributed by atoms with van der Waals surface area (Å²) in [6, 6.07) is 12.0. The van der Waals surface area contributed by atoms with Crippen molar-refractivity contribution in [2.24, 2.45) is 0 Å². The molecule has 5 aliphatic heterocycles. The number of aliphatic hydroxyl groups excluding tert-OH is 8. The lowest BCUT2D eigenvalue weighted by Gasteiger charge is -2.38. The minimum atomic E-state index is -2.04. The number of carboxylic acid groups (broad SMARTS) is 2. The van der Waals surface area contributed by atoms with Crippen LogP contribution in [0, 0.1) is 12.3 Å². The average Bonchev–Trinajstić information content (AvgIpc) is 1.37. The number of hydrogen-bond acceptors (Lipinski definition) is 27. The number of nitrogens with one attached hydrogen (secondary N) is 2. The number of methoxy groups -OCH3 is 3. The molecule has 2 fully saturated rings. The molecule has 0 bridgehead atoms. The number of benzene rings is 4. The van der Waals surface area contributed by atoms with Crippen molar-refractivity contribution in [2.75, 3.05) is 70.6 Å². The highest BCUT2D eigenvalue weighted by molar-refractivity contribution is 6.07. The molecule has 0 saturated carbocycles. The van der Waals surface area contributed by atoms with Gasteiger partial charge in [0.25, 0.3) is 23.6 Å². The Labute approximate surface area is 600 Å². The second-order valence-corrected chi connectivity index (χ2v) is 24.8. The smallest absolute Gasteiger partial charge is 0.416 e. The third kappa shape index (κ3) is 17.7. The Morgan fingerprint density at radius 2 is 1.11 bits per heavy atom. The first-order valence-electron chi connectivity index (χ1n) is 33.0. The maximum absolute atomic E-state index is 14.5. The minimum Gasteiger partial charge on any atom is -0.493 e. The molecule has 2 saturated heterocycles. The fourth-order valence-corrected chi connectivity index (χ4v) is 11.9. The first kappa shape index (κ1) is 78.8. The number of rotatable bonds is 28. The van der Waals surface area contributed by atoms with Crippen LogP contribution >= 0.6 is 0 Å². The number of aliphatic hydroxyl groups is 8. The number of carbonyl (C=O) groups is 8. The number of terminal acetylenes is 1. The number of aliphatic carboxylic acids is 2. The predicted octanol–water partition coefficient (Wildman–Crippen LogP) is 1.44. The highest BCUT2D eigenvalue weighted by Crippen LogP contribution is 2.44. The van der Waals surface area contributed by atoms with Gasteiger partial charge in [-0.1, -0.05) is 36.1 Å². The van der Waals surface area contributed by atoms with E-state index in [-0.39, 0.29) is 119 Å². The Kier molecular flexibility index (Phi) is 26.2. The number of hydrogen-bond donors (Lipinski definition) is 12. The normalized spacial score (nSPS) is 24.3. The Bertz CT molecular complexity index is 4010. The third-order valence-corrected chi connectivity index (χ3v) is 17.5. The van der Waals surface area contributed by atoms with Gasteiger partial charge in [-0.15, -0.1) is 6.42 Å². The Morgan fingerprint density at radius 3 is 1.60 bits per heavy atom. The lowest BCUT2D eigenvalue weighted by molar-refractivity contribution is -0.271. The van der Waals surface area contributed by atoms with E-state index in [2.05, 4.69) is 16.6 Å². The zero-order valence-electron chi connectivity index (χ0n) is 57.7. The van der Waals surface area contributed by atoms with E-state index < -0.39 is 147 Å². The van der Waals surface area contributed by atoms with E-state index in [9.17, 15) is 89.4 Å². The Balaban J connectivity index is 0.893. The van der Waals surface area contributed by atoms with Crippen molar-refractivity contribution in [3.8, 4) is 46.8 Å². The van der Waals surface area contributed by atoms with Crippen LogP contribution in [0.2, 0.25) is 0 Å². The van der Waals surface area contributed by atoms with Crippen molar-refractivity contribution >= 4 is 59.1 Å². The van der Waals surface area contributed by atoms with Gasteiger partial charge in [-0.3, -0.25) is 19.2 Å². The zero-order chi connectivity index (χ0) is 76.2. The summed E-state index contributed by atoms with van der Waals surface area (Å²) < 4.78 is 62.4. The largest absolute Gasteiger partial charge is 0.493 e. The third-order valence-electron chi connectivity index (χ3n) is 17.5. The summed E-state index contributed by atoms with van der Waals surface area (Å²) in [6.45, 7) is 3.66. The second-order valence-electron chi connectivity index (χ2n) is 24.8. The number of nitrogens with zero attached hydrogens (tertiary/aromatic N) is 4. The molecule has 0 aliphatic carbocycles.